The SMILES string of the molecule is CCc1ccn2ncc(C(=O)Nc3cn([C@H]4CC[C@H](C(C)C)CC4)nc3C(F)F)c2n1. The van der Waals surface area contributed by atoms with Gasteiger partial charge in [0.1, 0.15) is 5.56 Å². The topological polar surface area (TPSA) is 77.1 Å². The third-order valence-electron chi connectivity index (χ3n) is 6.31. The van der Waals surface area contributed by atoms with E-state index in [4.69, 9.17) is 0 Å². The number of rotatable bonds is 6. The summed E-state index contributed by atoms with van der Waals surface area (Å²) >= 11 is 0. The first-order valence-corrected chi connectivity index (χ1v) is 10.9. The summed E-state index contributed by atoms with van der Waals surface area (Å²) in [5.74, 6) is 0.759. The maximum atomic E-state index is 13.7. The second-order valence-electron chi connectivity index (χ2n) is 8.57. The molecule has 1 fully saturated rings. The van der Waals surface area contributed by atoms with Crippen LogP contribution in [-0.2, 0) is 6.42 Å². The Morgan fingerprint density at radius 2 is 2.00 bits per heavy atom. The quantitative estimate of drug-likeness (QED) is 0.593. The fourth-order valence-electron chi connectivity index (χ4n) is 4.34. The molecule has 31 heavy (non-hydrogen) atoms. The number of alkyl halides is 2. The zero-order chi connectivity index (χ0) is 22.1. The summed E-state index contributed by atoms with van der Waals surface area (Å²) in [6.45, 7) is 6.41. The summed E-state index contributed by atoms with van der Waals surface area (Å²) in [5, 5.41) is 10.9. The molecule has 1 aliphatic rings. The van der Waals surface area contributed by atoms with Crippen LogP contribution in [0.4, 0.5) is 14.5 Å². The Kier molecular flexibility index (Phi) is 6.02. The molecule has 0 spiro atoms. The number of carbonyl (C=O) groups excluding carboxylic acids is 1. The van der Waals surface area contributed by atoms with E-state index in [0.717, 1.165) is 31.4 Å². The molecule has 4 rings (SSSR count). The van der Waals surface area contributed by atoms with Gasteiger partial charge in [-0.05, 0) is 50.0 Å². The molecule has 1 aliphatic carbocycles. The number of halogens is 2. The molecule has 3 aromatic heterocycles. The van der Waals surface area contributed by atoms with E-state index in [1.807, 2.05) is 13.0 Å². The lowest BCUT2D eigenvalue weighted by Gasteiger charge is -2.30. The molecule has 0 saturated heterocycles. The third kappa shape index (κ3) is 4.31. The van der Waals surface area contributed by atoms with Crippen molar-refractivity contribution in [3.05, 3.63) is 41.6 Å². The zero-order valence-electron chi connectivity index (χ0n) is 18.1. The van der Waals surface area contributed by atoms with Gasteiger partial charge in [-0.2, -0.15) is 10.2 Å². The molecule has 1 N–H and O–H groups in total. The minimum absolute atomic E-state index is 0.0389. The highest BCUT2D eigenvalue weighted by Crippen LogP contribution is 2.37. The molecular weight excluding hydrogens is 402 g/mol. The maximum Gasteiger partial charge on any atom is 0.284 e. The third-order valence-corrected chi connectivity index (χ3v) is 6.31. The lowest BCUT2D eigenvalue weighted by Crippen LogP contribution is -2.21. The fraction of sp³-hybridized carbons (Fsp3) is 0.545. The van der Waals surface area contributed by atoms with Crippen LogP contribution in [0.5, 0.6) is 0 Å². The molecule has 3 heterocycles. The monoisotopic (exact) mass is 430 g/mol. The average Bonchev–Trinajstić information content (AvgIpc) is 3.37. The summed E-state index contributed by atoms with van der Waals surface area (Å²) in [5.41, 5.74) is 1.09. The predicted molar refractivity (Wildman–Crippen MR) is 113 cm³/mol. The molecule has 0 unspecified atom stereocenters. The van der Waals surface area contributed by atoms with E-state index in [-0.39, 0.29) is 17.3 Å². The predicted octanol–water partition coefficient (Wildman–Crippen LogP) is 5.07. The van der Waals surface area contributed by atoms with Gasteiger partial charge >= 0.3 is 0 Å². The fourth-order valence-corrected chi connectivity index (χ4v) is 4.34. The first-order valence-electron chi connectivity index (χ1n) is 10.9. The average molecular weight is 431 g/mol. The molecule has 166 valence electrons. The van der Waals surface area contributed by atoms with Crippen LogP contribution >= 0.6 is 0 Å². The summed E-state index contributed by atoms with van der Waals surface area (Å²) < 4.78 is 30.4. The van der Waals surface area contributed by atoms with E-state index in [2.05, 4.69) is 34.3 Å². The van der Waals surface area contributed by atoms with Gasteiger partial charge in [-0.1, -0.05) is 20.8 Å². The Labute approximate surface area is 179 Å². The van der Waals surface area contributed by atoms with Gasteiger partial charge in [0.05, 0.1) is 17.9 Å². The van der Waals surface area contributed by atoms with E-state index >= 15 is 0 Å². The number of fused-ring (bicyclic) bond motifs is 1. The van der Waals surface area contributed by atoms with E-state index in [9.17, 15) is 13.6 Å². The van der Waals surface area contributed by atoms with Gasteiger partial charge in [-0.15, -0.1) is 0 Å². The number of anilines is 1. The van der Waals surface area contributed by atoms with E-state index in [1.165, 1.54) is 16.9 Å². The summed E-state index contributed by atoms with van der Waals surface area (Å²) in [6, 6.07) is 1.90. The number of hydrogen-bond acceptors (Lipinski definition) is 4. The van der Waals surface area contributed by atoms with Crippen LogP contribution in [0.15, 0.2) is 24.7 Å². The van der Waals surface area contributed by atoms with Crippen LogP contribution in [0.1, 0.15) is 80.7 Å². The number of amides is 1. The molecule has 0 atom stereocenters. The van der Waals surface area contributed by atoms with E-state index in [1.54, 1.807) is 10.9 Å². The molecule has 0 radical (unpaired) electrons. The number of carbonyl (C=O) groups is 1. The van der Waals surface area contributed by atoms with E-state index in [0.29, 0.717) is 23.9 Å². The zero-order valence-corrected chi connectivity index (χ0v) is 18.1. The summed E-state index contributed by atoms with van der Waals surface area (Å²) in [4.78, 5) is 17.3. The molecular formula is C22H28F2N6O. The Morgan fingerprint density at radius 3 is 2.65 bits per heavy atom. The Morgan fingerprint density at radius 1 is 1.26 bits per heavy atom. The minimum atomic E-state index is -2.78. The van der Waals surface area contributed by atoms with Crippen molar-refractivity contribution in [1.29, 1.82) is 0 Å². The maximum absolute atomic E-state index is 13.7. The minimum Gasteiger partial charge on any atom is -0.319 e. The second kappa shape index (κ2) is 8.72. The standard InChI is InChI=1S/C22H28F2N6O/c1-4-15-9-10-29-21(26-15)17(11-25-29)22(31)27-18-12-30(28-19(18)20(23)24)16-7-5-14(6-8-16)13(2)3/h9-14,16,20H,4-8H2,1-3H3,(H,27,31)/t14-,16-. The summed E-state index contributed by atoms with van der Waals surface area (Å²) in [6.07, 6.45) is 6.52. The van der Waals surface area contributed by atoms with Gasteiger partial charge in [0, 0.05) is 18.1 Å². The molecule has 0 bridgehead atoms. The Hall–Kier alpha value is -2.84. The van der Waals surface area contributed by atoms with Crippen molar-refractivity contribution < 1.29 is 13.6 Å². The highest BCUT2D eigenvalue weighted by Gasteiger charge is 2.28. The Balaban J connectivity index is 1.56. The van der Waals surface area contributed by atoms with Gasteiger partial charge in [-0.25, -0.2) is 18.3 Å². The van der Waals surface area contributed by atoms with Gasteiger partial charge in [0.25, 0.3) is 12.3 Å². The number of nitrogens with zero attached hydrogens (tertiary/aromatic N) is 5. The van der Waals surface area contributed by atoms with Crippen molar-refractivity contribution >= 4 is 17.2 Å². The van der Waals surface area contributed by atoms with Gasteiger partial charge in [-0.3, -0.25) is 9.48 Å². The van der Waals surface area contributed by atoms with Crippen molar-refractivity contribution in [2.75, 3.05) is 5.32 Å². The van der Waals surface area contributed by atoms with Crippen LogP contribution in [0.25, 0.3) is 5.65 Å². The van der Waals surface area contributed by atoms with Crippen molar-refractivity contribution in [3.63, 3.8) is 0 Å². The smallest absolute Gasteiger partial charge is 0.284 e. The molecule has 0 aliphatic heterocycles. The van der Waals surface area contributed by atoms with Crippen LogP contribution < -0.4 is 5.32 Å². The number of hydrogen-bond donors (Lipinski definition) is 1. The van der Waals surface area contributed by atoms with E-state index < -0.39 is 18.0 Å². The molecule has 1 saturated carbocycles. The molecule has 3 aromatic rings. The van der Waals surface area contributed by atoms with Crippen LogP contribution in [0.3, 0.4) is 0 Å². The van der Waals surface area contributed by atoms with Crippen LogP contribution in [0, 0.1) is 11.8 Å². The highest BCUT2D eigenvalue weighted by molar-refractivity contribution is 6.08. The molecule has 9 heteroatoms. The van der Waals surface area contributed by atoms with Gasteiger partial charge < -0.3 is 5.32 Å². The lowest BCUT2D eigenvalue weighted by atomic mass is 9.80. The molecule has 0 aromatic carbocycles. The van der Waals surface area contributed by atoms with Crippen LogP contribution in [0.2, 0.25) is 0 Å². The van der Waals surface area contributed by atoms with Gasteiger partial charge in [0.2, 0.25) is 0 Å². The normalized spacial score (nSPS) is 19.5. The number of aryl methyl sites for hydroxylation is 1. The number of nitrogens with one attached hydrogen (secondary N) is 1. The number of aromatic nitrogens is 5. The largest absolute Gasteiger partial charge is 0.319 e. The van der Waals surface area contributed by atoms with Gasteiger partial charge in [0.15, 0.2) is 11.3 Å². The Bertz CT molecular complexity index is 1070. The molecule has 7 nitrogen and oxygen atoms in total. The van der Waals surface area contributed by atoms with Crippen LogP contribution in [-0.4, -0.2) is 30.3 Å². The first kappa shape index (κ1) is 21.4. The van der Waals surface area contributed by atoms with Crippen molar-refractivity contribution in [3.8, 4) is 0 Å². The summed E-state index contributed by atoms with van der Waals surface area (Å²) in [7, 11) is 0. The van der Waals surface area contributed by atoms with Crippen molar-refractivity contribution in [2.45, 2.75) is 65.3 Å². The molecule has 1 amide bonds. The second-order valence-corrected chi connectivity index (χ2v) is 8.57. The van der Waals surface area contributed by atoms with Crippen molar-refractivity contribution in [1.82, 2.24) is 24.4 Å². The lowest BCUT2D eigenvalue weighted by molar-refractivity contribution is 0.102. The highest BCUT2D eigenvalue weighted by atomic mass is 19.3. The first-order chi connectivity index (χ1) is 14.9. The van der Waals surface area contributed by atoms with Crippen molar-refractivity contribution in [2.24, 2.45) is 11.8 Å².